The van der Waals surface area contributed by atoms with E-state index < -0.39 is 0 Å². The fraction of sp³-hybridized carbons (Fsp3) is 0.565. The molecule has 4 aliphatic carbocycles. The van der Waals surface area contributed by atoms with E-state index in [0.29, 0.717) is 0 Å². The highest BCUT2D eigenvalue weighted by Gasteiger charge is 2.39. The predicted molar refractivity (Wildman–Crippen MR) is 217 cm³/mol. The highest BCUT2D eigenvalue weighted by atomic mass is 31.1. The minimum absolute atomic E-state index is 0.249. The standard InChI is InChI=1S/C46H60P2/c1-33-31-35-19-15-17-29-41(35)43(45(33)47(37-21-7-3-8-22-37)38-23-9-4-10-24-38)44-42-30-18-16-20-36(42)32-34(2)46(44)48(39-25-11-5-12-26-39)40-27-13-6-14-28-40/h15-20,29-32,37-40H,3-14,21-28H2,1-2H3. The average Bonchev–Trinajstić information content (AvgIpc) is 3.14. The first-order valence-corrected chi connectivity index (χ1v) is 23.3. The Labute approximate surface area is 294 Å². The molecule has 0 aliphatic heterocycles. The van der Waals surface area contributed by atoms with Crippen molar-refractivity contribution in [2.75, 3.05) is 0 Å². The van der Waals surface area contributed by atoms with Gasteiger partial charge in [-0.3, -0.25) is 0 Å². The Hall–Kier alpha value is -1.74. The smallest absolute Gasteiger partial charge is 0.00128 e. The van der Waals surface area contributed by atoms with Gasteiger partial charge in [-0.2, -0.15) is 0 Å². The Bertz CT molecular complexity index is 1530. The monoisotopic (exact) mass is 674 g/mol. The first-order valence-electron chi connectivity index (χ1n) is 20.3. The molecule has 0 saturated heterocycles. The first kappa shape index (κ1) is 33.4. The summed E-state index contributed by atoms with van der Waals surface area (Å²) < 4.78 is 0. The lowest BCUT2D eigenvalue weighted by molar-refractivity contribution is 0.487. The SMILES string of the molecule is Cc1cc2ccccc2c(-c2c(P(C3CCCCC3)C3CCCCC3)c(C)cc3ccccc23)c1P(C1CCCCC1)C1CCCCC1. The maximum absolute atomic E-state index is 2.62. The van der Waals surface area contributed by atoms with E-state index >= 15 is 0 Å². The van der Waals surface area contributed by atoms with Crippen LogP contribution in [0.3, 0.4) is 0 Å². The molecule has 2 heteroatoms. The third kappa shape index (κ3) is 6.57. The molecule has 4 saturated carbocycles. The van der Waals surface area contributed by atoms with Crippen molar-refractivity contribution >= 4 is 48.0 Å². The van der Waals surface area contributed by atoms with E-state index in [-0.39, 0.29) is 15.8 Å². The number of aryl methyl sites for hydroxylation is 2. The normalized spacial score (nSPS) is 21.2. The van der Waals surface area contributed by atoms with Crippen molar-refractivity contribution in [3.63, 3.8) is 0 Å². The van der Waals surface area contributed by atoms with E-state index in [9.17, 15) is 0 Å². The minimum atomic E-state index is -0.249. The van der Waals surface area contributed by atoms with E-state index in [0.717, 1.165) is 22.6 Å². The molecule has 0 unspecified atom stereocenters. The van der Waals surface area contributed by atoms with Crippen LogP contribution in [0.5, 0.6) is 0 Å². The van der Waals surface area contributed by atoms with Gasteiger partial charge in [0.15, 0.2) is 0 Å². The van der Waals surface area contributed by atoms with Gasteiger partial charge in [-0.1, -0.05) is 154 Å². The Morgan fingerprint density at radius 3 is 1.00 bits per heavy atom. The molecule has 0 spiro atoms. The number of benzene rings is 4. The third-order valence-electron chi connectivity index (χ3n) is 13.1. The molecule has 4 aromatic carbocycles. The summed E-state index contributed by atoms with van der Waals surface area (Å²) in [6, 6.07) is 24.5. The summed E-state index contributed by atoms with van der Waals surface area (Å²) in [5.74, 6) is 0. The molecular weight excluding hydrogens is 614 g/mol. The zero-order valence-electron chi connectivity index (χ0n) is 30.1. The van der Waals surface area contributed by atoms with Crippen molar-refractivity contribution in [1.82, 2.24) is 0 Å². The largest absolute Gasteiger partial charge is 0.0680 e. The summed E-state index contributed by atoms with van der Waals surface area (Å²) in [7, 11) is -0.498. The van der Waals surface area contributed by atoms with Crippen LogP contribution in [-0.4, -0.2) is 22.6 Å². The quantitative estimate of drug-likeness (QED) is 0.171. The number of hydrogen-bond acceptors (Lipinski definition) is 0. The third-order valence-corrected chi connectivity index (χ3v) is 20.5. The molecule has 4 aromatic rings. The van der Waals surface area contributed by atoms with Crippen molar-refractivity contribution in [3.05, 3.63) is 71.8 Å². The van der Waals surface area contributed by atoms with Crippen molar-refractivity contribution in [2.45, 2.75) is 165 Å². The van der Waals surface area contributed by atoms with Crippen LogP contribution in [-0.2, 0) is 0 Å². The second-order valence-corrected chi connectivity index (χ2v) is 21.7. The second kappa shape index (κ2) is 15.2. The fourth-order valence-corrected chi connectivity index (χ4v) is 19.2. The highest BCUT2D eigenvalue weighted by molar-refractivity contribution is 7.68. The summed E-state index contributed by atoms with van der Waals surface area (Å²) >= 11 is 0. The van der Waals surface area contributed by atoms with Gasteiger partial charge in [0.1, 0.15) is 0 Å². The first-order chi connectivity index (χ1) is 23.7. The van der Waals surface area contributed by atoms with Crippen LogP contribution in [0.2, 0.25) is 0 Å². The Kier molecular flexibility index (Phi) is 10.6. The van der Waals surface area contributed by atoms with Crippen molar-refractivity contribution < 1.29 is 0 Å². The van der Waals surface area contributed by atoms with Crippen LogP contribution in [0.1, 0.15) is 140 Å². The van der Waals surface area contributed by atoms with Crippen molar-refractivity contribution in [1.29, 1.82) is 0 Å². The maximum Gasteiger partial charge on any atom is -0.00128 e. The molecule has 254 valence electrons. The molecule has 4 fully saturated rings. The molecule has 0 atom stereocenters. The lowest BCUT2D eigenvalue weighted by Crippen LogP contribution is -2.31. The van der Waals surface area contributed by atoms with E-state index in [2.05, 4.69) is 74.5 Å². The van der Waals surface area contributed by atoms with Crippen molar-refractivity contribution in [3.8, 4) is 11.1 Å². The molecule has 0 radical (unpaired) electrons. The Morgan fingerprint density at radius 1 is 0.396 bits per heavy atom. The topological polar surface area (TPSA) is 0 Å². The zero-order chi connectivity index (χ0) is 32.5. The van der Waals surface area contributed by atoms with E-state index in [1.165, 1.54) is 139 Å². The maximum atomic E-state index is 2.62. The van der Waals surface area contributed by atoms with E-state index in [4.69, 9.17) is 0 Å². The number of hydrogen-bond donors (Lipinski definition) is 0. The molecule has 0 aromatic heterocycles. The van der Waals surface area contributed by atoms with E-state index in [1.807, 2.05) is 10.6 Å². The van der Waals surface area contributed by atoms with Gasteiger partial charge >= 0.3 is 0 Å². The van der Waals surface area contributed by atoms with Crippen LogP contribution in [0.4, 0.5) is 0 Å². The number of fused-ring (bicyclic) bond motifs is 2. The molecule has 0 heterocycles. The lowest BCUT2D eigenvalue weighted by Gasteiger charge is -2.43. The average molecular weight is 675 g/mol. The van der Waals surface area contributed by atoms with Gasteiger partial charge in [0.25, 0.3) is 0 Å². The van der Waals surface area contributed by atoms with E-state index in [1.54, 1.807) is 33.0 Å². The highest BCUT2D eigenvalue weighted by Crippen LogP contribution is 2.61. The predicted octanol–water partition coefficient (Wildman–Crippen LogP) is 13.8. The van der Waals surface area contributed by atoms with Gasteiger partial charge in [-0.05, 0) is 142 Å². The molecule has 4 aliphatic rings. The molecule has 8 rings (SSSR count). The van der Waals surface area contributed by atoms with Crippen LogP contribution in [0, 0.1) is 13.8 Å². The van der Waals surface area contributed by atoms with Gasteiger partial charge < -0.3 is 0 Å². The molecule has 48 heavy (non-hydrogen) atoms. The van der Waals surface area contributed by atoms with Gasteiger partial charge in [-0.25, -0.2) is 0 Å². The Balaban J connectivity index is 1.46. The summed E-state index contributed by atoms with van der Waals surface area (Å²) in [4.78, 5) is 0. The van der Waals surface area contributed by atoms with Crippen LogP contribution >= 0.6 is 15.8 Å². The van der Waals surface area contributed by atoms with Crippen molar-refractivity contribution in [2.24, 2.45) is 0 Å². The van der Waals surface area contributed by atoms with Crippen LogP contribution in [0.15, 0.2) is 60.7 Å². The lowest BCUT2D eigenvalue weighted by atomic mass is 9.90. The molecule has 0 bridgehead atoms. The van der Waals surface area contributed by atoms with Crippen LogP contribution in [0.25, 0.3) is 32.7 Å². The Morgan fingerprint density at radius 2 is 0.688 bits per heavy atom. The summed E-state index contributed by atoms with van der Waals surface area (Å²) in [6.07, 6.45) is 29.1. The molecule has 0 nitrogen and oxygen atoms in total. The van der Waals surface area contributed by atoms with Gasteiger partial charge in [0.2, 0.25) is 0 Å². The van der Waals surface area contributed by atoms with Crippen LogP contribution < -0.4 is 10.6 Å². The summed E-state index contributed by atoms with van der Waals surface area (Å²) in [5.41, 5.74) is 10.2. The van der Waals surface area contributed by atoms with Gasteiger partial charge in [0.05, 0.1) is 0 Å². The van der Waals surface area contributed by atoms with Gasteiger partial charge in [0, 0.05) is 0 Å². The molecule has 0 N–H and O–H groups in total. The molecule has 0 amide bonds. The zero-order valence-corrected chi connectivity index (χ0v) is 31.9. The number of rotatable bonds is 7. The fourth-order valence-electron chi connectivity index (χ4n) is 10.9. The minimum Gasteiger partial charge on any atom is -0.0680 e. The molecular formula is C46H60P2. The summed E-state index contributed by atoms with van der Waals surface area (Å²) in [6.45, 7) is 5.07. The van der Waals surface area contributed by atoms with Gasteiger partial charge in [-0.15, -0.1) is 0 Å². The second-order valence-electron chi connectivity index (χ2n) is 16.3. The summed E-state index contributed by atoms with van der Waals surface area (Å²) in [5, 5.41) is 9.73.